The van der Waals surface area contributed by atoms with E-state index >= 15 is 0 Å². The number of hydrogen-bond donors (Lipinski definition) is 4. The predicted octanol–water partition coefficient (Wildman–Crippen LogP) is 1.87. The van der Waals surface area contributed by atoms with Gasteiger partial charge in [0.05, 0.1) is 34.9 Å². The topological polar surface area (TPSA) is 182 Å². The Morgan fingerprint density at radius 2 is 2.14 bits per heavy atom. The molecule has 36 heavy (non-hydrogen) atoms. The summed E-state index contributed by atoms with van der Waals surface area (Å²) in [4.78, 5) is 35.7. The highest BCUT2D eigenvalue weighted by Crippen LogP contribution is 2.48. The monoisotopic (exact) mass is 527 g/mol. The maximum Gasteiger partial charge on any atom is 0.346 e. The van der Waals surface area contributed by atoms with Crippen LogP contribution in [0.25, 0.3) is 10.6 Å². The van der Waals surface area contributed by atoms with E-state index in [2.05, 4.69) is 15.2 Å². The number of nitrogens with two attached hydrogens (primary N) is 1. The van der Waals surface area contributed by atoms with Gasteiger partial charge in [-0.2, -0.15) is 9.86 Å². The van der Waals surface area contributed by atoms with Crippen molar-refractivity contribution >= 4 is 41.6 Å². The minimum Gasteiger partial charge on any atom is -0.505 e. The van der Waals surface area contributed by atoms with Crippen LogP contribution in [-0.2, 0) is 15.9 Å². The number of carbonyl (C=O) groups is 1. The van der Waals surface area contributed by atoms with Gasteiger partial charge in [0.2, 0.25) is 0 Å². The number of furan rings is 1. The summed E-state index contributed by atoms with van der Waals surface area (Å²) in [6, 6.07) is 9.30. The fraction of sp³-hybridized carbons (Fsp3) is 0.0909. The average molecular weight is 527 g/mol. The molecule has 1 aliphatic rings. The van der Waals surface area contributed by atoms with Crippen molar-refractivity contribution < 1.29 is 28.5 Å². The largest absolute Gasteiger partial charge is 0.505 e. The van der Waals surface area contributed by atoms with Gasteiger partial charge in [0.25, 0.3) is 11.5 Å². The lowest BCUT2D eigenvalue weighted by Crippen LogP contribution is -2.34. The maximum atomic E-state index is 13.4. The van der Waals surface area contributed by atoms with Gasteiger partial charge < -0.3 is 30.2 Å². The van der Waals surface area contributed by atoms with E-state index in [1.165, 1.54) is 42.1 Å². The number of thiophene rings is 1. The van der Waals surface area contributed by atoms with Gasteiger partial charge in [-0.05, 0) is 35.7 Å². The number of fused-ring (bicyclic) bond motifs is 1. The van der Waals surface area contributed by atoms with Crippen LogP contribution in [0.2, 0.25) is 0 Å². The van der Waals surface area contributed by atoms with Crippen LogP contribution in [0.4, 0.5) is 5.69 Å². The van der Waals surface area contributed by atoms with Gasteiger partial charge >= 0.3 is 7.52 Å². The van der Waals surface area contributed by atoms with Gasteiger partial charge in [0, 0.05) is 5.56 Å². The molecule has 5 rings (SSSR count). The van der Waals surface area contributed by atoms with Crippen LogP contribution in [0.15, 0.2) is 68.3 Å². The molecule has 4 heterocycles. The molecule has 184 valence electrons. The predicted molar refractivity (Wildman–Crippen MR) is 132 cm³/mol. The number of amides is 1. The van der Waals surface area contributed by atoms with Crippen LogP contribution >= 0.6 is 18.9 Å². The molecule has 0 radical (unpaired) electrons. The van der Waals surface area contributed by atoms with Crippen molar-refractivity contribution in [2.24, 2.45) is 10.5 Å². The number of nitrogens with zero attached hydrogens (tertiary/aromatic N) is 3. The standard InChI is InChI=1S/C22H18N5O7PS/c23-17(28)11-34-13-3-4-14-15(8-13)35(31,32)26-21(24-14)18-20(29)19(16-2-1-7-36-16)25-27(22(18)30)9-12-5-6-33-10-12/h1-8,10,29H,9,11H2,(H2,23,28)(H2,24,26,31,32). The summed E-state index contributed by atoms with van der Waals surface area (Å²) < 4.78 is 28.5. The molecular weight excluding hydrogens is 509 g/mol. The highest BCUT2D eigenvalue weighted by Gasteiger charge is 2.34. The number of aromatic hydroxyl groups is 1. The van der Waals surface area contributed by atoms with E-state index in [0.717, 1.165) is 4.68 Å². The second-order valence-corrected chi connectivity index (χ2v) is 10.4. The Kier molecular flexibility index (Phi) is 5.96. The van der Waals surface area contributed by atoms with Crippen LogP contribution in [0, 0.1) is 0 Å². The molecule has 0 saturated carbocycles. The number of anilines is 1. The molecular formula is C22H18N5O7PS. The molecule has 1 amide bonds. The Hall–Kier alpha value is -4.19. The molecule has 14 heteroatoms. The number of aromatic nitrogens is 2. The van der Waals surface area contributed by atoms with Crippen molar-refractivity contribution in [3.05, 3.63) is 75.8 Å². The molecule has 1 atom stereocenters. The fourth-order valence-electron chi connectivity index (χ4n) is 3.57. The van der Waals surface area contributed by atoms with Gasteiger partial charge in [-0.25, -0.2) is 4.68 Å². The SMILES string of the molecule is NC(=O)COc1ccc2c(c1)P(=O)(O)N=C(c1c(O)c(-c3cccs3)nn(Cc3ccoc3)c1=O)N2. The molecule has 0 fully saturated rings. The second-order valence-electron chi connectivity index (χ2n) is 7.70. The van der Waals surface area contributed by atoms with E-state index in [4.69, 9.17) is 14.9 Å². The molecule has 1 aromatic carbocycles. The number of ether oxygens (including phenoxy) is 1. The van der Waals surface area contributed by atoms with E-state index in [9.17, 15) is 24.2 Å². The average Bonchev–Trinajstić information content (AvgIpc) is 3.54. The first-order valence-corrected chi connectivity index (χ1v) is 12.9. The quantitative estimate of drug-likeness (QED) is 0.261. The first kappa shape index (κ1) is 23.5. The molecule has 1 aliphatic heterocycles. The normalized spacial score (nSPS) is 16.6. The van der Waals surface area contributed by atoms with E-state index < -0.39 is 31.3 Å². The number of nitrogens with one attached hydrogen (secondary N) is 1. The molecule has 5 N–H and O–H groups in total. The number of primary amides is 1. The summed E-state index contributed by atoms with van der Waals surface area (Å²) in [5.41, 5.74) is 4.97. The first-order valence-electron chi connectivity index (χ1n) is 10.4. The summed E-state index contributed by atoms with van der Waals surface area (Å²) in [6.45, 7) is -0.384. The molecule has 1 unspecified atom stereocenters. The fourth-order valence-corrected chi connectivity index (χ4v) is 5.55. The highest BCUT2D eigenvalue weighted by molar-refractivity contribution is 7.65. The molecule has 0 saturated heterocycles. The number of rotatable bonds is 7. The van der Waals surface area contributed by atoms with Crippen molar-refractivity contribution in [1.82, 2.24) is 9.78 Å². The van der Waals surface area contributed by atoms with E-state index in [-0.39, 0.29) is 40.4 Å². The number of amidine groups is 1. The van der Waals surface area contributed by atoms with E-state index in [1.54, 1.807) is 23.6 Å². The smallest absolute Gasteiger partial charge is 0.346 e. The molecule has 0 spiro atoms. The lowest BCUT2D eigenvalue weighted by atomic mass is 10.1. The van der Waals surface area contributed by atoms with Crippen LogP contribution in [0.5, 0.6) is 11.5 Å². The number of benzene rings is 1. The summed E-state index contributed by atoms with van der Waals surface area (Å²) in [5, 5.41) is 20.0. The third-order valence-electron chi connectivity index (χ3n) is 5.19. The van der Waals surface area contributed by atoms with Gasteiger partial charge in [-0.15, -0.1) is 11.3 Å². The zero-order valence-electron chi connectivity index (χ0n) is 18.3. The Morgan fingerprint density at radius 1 is 1.31 bits per heavy atom. The Morgan fingerprint density at radius 3 is 2.83 bits per heavy atom. The van der Waals surface area contributed by atoms with Gasteiger partial charge in [-0.3, -0.25) is 14.2 Å². The molecule has 0 bridgehead atoms. The first-order chi connectivity index (χ1) is 17.2. The second kappa shape index (κ2) is 9.11. The minimum atomic E-state index is -4.42. The Labute approximate surface area is 206 Å². The molecule has 4 aromatic rings. The summed E-state index contributed by atoms with van der Waals surface area (Å²) in [7, 11) is -4.42. The highest BCUT2D eigenvalue weighted by atomic mass is 32.1. The number of hydrogen-bond acceptors (Lipinski definition) is 9. The lowest BCUT2D eigenvalue weighted by Gasteiger charge is -2.23. The third kappa shape index (κ3) is 4.42. The lowest BCUT2D eigenvalue weighted by molar-refractivity contribution is -0.119. The van der Waals surface area contributed by atoms with Crippen LogP contribution < -0.4 is 26.7 Å². The van der Waals surface area contributed by atoms with Crippen molar-refractivity contribution in [2.75, 3.05) is 11.9 Å². The Bertz CT molecular complexity index is 1600. The molecule has 12 nitrogen and oxygen atoms in total. The maximum absolute atomic E-state index is 13.4. The molecule has 0 aliphatic carbocycles. The van der Waals surface area contributed by atoms with Crippen LogP contribution in [-0.4, -0.2) is 38.1 Å². The van der Waals surface area contributed by atoms with Crippen molar-refractivity contribution in [1.29, 1.82) is 0 Å². The van der Waals surface area contributed by atoms with Crippen molar-refractivity contribution in [2.45, 2.75) is 6.54 Å². The van der Waals surface area contributed by atoms with E-state index in [1.807, 2.05) is 0 Å². The van der Waals surface area contributed by atoms with Gasteiger partial charge in [-0.1, -0.05) is 6.07 Å². The van der Waals surface area contributed by atoms with Crippen LogP contribution in [0.3, 0.4) is 0 Å². The zero-order chi connectivity index (χ0) is 25.4. The number of carbonyl (C=O) groups excluding carboxylic acids is 1. The van der Waals surface area contributed by atoms with Crippen molar-refractivity contribution in [3.63, 3.8) is 0 Å². The zero-order valence-corrected chi connectivity index (χ0v) is 20.0. The van der Waals surface area contributed by atoms with Gasteiger partial charge in [0.15, 0.2) is 18.2 Å². The van der Waals surface area contributed by atoms with E-state index in [0.29, 0.717) is 10.4 Å². The van der Waals surface area contributed by atoms with Gasteiger partial charge in [0.1, 0.15) is 17.0 Å². The summed E-state index contributed by atoms with van der Waals surface area (Å²) in [6.07, 6.45) is 2.91. The minimum absolute atomic E-state index is 0.0300. The molecule has 3 aromatic heterocycles. The third-order valence-corrected chi connectivity index (χ3v) is 7.53. The van der Waals surface area contributed by atoms with Crippen molar-refractivity contribution in [3.8, 4) is 22.1 Å². The Balaban J connectivity index is 1.62. The van der Waals surface area contributed by atoms with Crippen LogP contribution in [0.1, 0.15) is 11.1 Å². The summed E-state index contributed by atoms with van der Waals surface area (Å²) >= 11 is 1.30. The summed E-state index contributed by atoms with van der Waals surface area (Å²) in [5.74, 6) is -1.35.